The molecular weight excluding hydrogens is 188 g/mol. The molecule has 1 N–H and O–H groups in total. The molecule has 0 aliphatic carbocycles. The third kappa shape index (κ3) is 2.69. The summed E-state index contributed by atoms with van der Waals surface area (Å²) in [5.41, 5.74) is 4.88. The molecule has 15 heavy (non-hydrogen) atoms. The SMILES string of the molecule is CC(=Cc1cc(C)c(C)cc1C)C(=O)O. The fourth-order valence-electron chi connectivity index (χ4n) is 1.43. The van der Waals surface area contributed by atoms with E-state index in [4.69, 9.17) is 5.11 Å². The third-order valence-electron chi connectivity index (χ3n) is 2.59. The van der Waals surface area contributed by atoms with Crippen molar-refractivity contribution < 1.29 is 9.90 Å². The smallest absolute Gasteiger partial charge is 0.331 e. The van der Waals surface area contributed by atoms with Crippen LogP contribution in [0.15, 0.2) is 17.7 Å². The summed E-state index contributed by atoms with van der Waals surface area (Å²) in [7, 11) is 0. The Morgan fingerprint density at radius 3 is 2.20 bits per heavy atom. The summed E-state index contributed by atoms with van der Waals surface area (Å²) in [6.07, 6.45) is 1.71. The van der Waals surface area contributed by atoms with Crippen LogP contribution in [0.2, 0.25) is 0 Å². The van der Waals surface area contributed by atoms with Gasteiger partial charge in [-0.05, 0) is 56.0 Å². The lowest BCUT2D eigenvalue weighted by molar-refractivity contribution is -0.132. The van der Waals surface area contributed by atoms with Crippen LogP contribution in [-0.2, 0) is 4.79 Å². The first kappa shape index (κ1) is 11.5. The number of aliphatic carboxylic acids is 1. The van der Waals surface area contributed by atoms with Crippen molar-refractivity contribution in [2.24, 2.45) is 0 Å². The number of aryl methyl sites for hydroxylation is 3. The van der Waals surface area contributed by atoms with E-state index in [1.807, 2.05) is 19.9 Å². The summed E-state index contributed by atoms with van der Waals surface area (Å²) < 4.78 is 0. The first-order valence-electron chi connectivity index (χ1n) is 4.91. The van der Waals surface area contributed by atoms with Gasteiger partial charge in [0.05, 0.1) is 0 Å². The van der Waals surface area contributed by atoms with Crippen LogP contribution in [0.1, 0.15) is 29.2 Å². The Balaban J connectivity index is 3.22. The van der Waals surface area contributed by atoms with Gasteiger partial charge in [-0.2, -0.15) is 0 Å². The Labute approximate surface area is 90.3 Å². The average molecular weight is 204 g/mol. The van der Waals surface area contributed by atoms with Crippen molar-refractivity contribution in [1.82, 2.24) is 0 Å². The maximum absolute atomic E-state index is 10.7. The Kier molecular flexibility index (Phi) is 3.30. The monoisotopic (exact) mass is 204 g/mol. The van der Waals surface area contributed by atoms with E-state index in [0.717, 1.165) is 11.1 Å². The van der Waals surface area contributed by atoms with E-state index >= 15 is 0 Å². The molecular formula is C13H16O2. The van der Waals surface area contributed by atoms with Crippen LogP contribution in [0, 0.1) is 20.8 Å². The van der Waals surface area contributed by atoms with Crippen molar-refractivity contribution in [3.8, 4) is 0 Å². The van der Waals surface area contributed by atoms with E-state index in [1.54, 1.807) is 13.0 Å². The van der Waals surface area contributed by atoms with Crippen LogP contribution in [-0.4, -0.2) is 11.1 Å². The van der Waals surface area contributed by atoms with E-state index in [-0.39, 0.29) is 0 Å². The Hall–Kier alpha value is -1.57. The minimum Gasteiger partial charge on any atom is -0.478 e. The van der Waals surface area contributed by atoms with Crippen LogP contribution in [0.25, 0.3) is 6.08 Å². The molecule has 0 bridgehead atoms. The molecule has 1 rings (SSSR count). The highest BCUT2D eigenvalue weighted by atomic mass is 16.4. The second-order valence-corrected chi connectivity index (χ2v) is 3.93. The fraction of sp³-hybridized carbons (Fsp3) is 0.308. The summed E-state index contributed by atoms with van der Waals surface area (Å²) in [5, 5.41) is 8.79. The van der Waals surface area contributed by atoms with Gasteiger partial charge in [0.25, 0.3) is 0 Å². The zero-order valence-corrected chi connectivity index (χ0v) is 9.59. The predicted molar refractivity (Wildman–Crippen MR) is 61.9 cm³/mol. The standard InChI is InChI=1S/C13H16O2/c1-8-5-10(3)12(6-9(8)2)7-11(4)13(14)15/h5-7H,1-4H3,(H,14,15). The number of hydrogen-bond acceptors (Lipinski definition) is 1. The van der Waals surface area contributed by atoms with Gasteiger partial charge in [0.15, 0.2) is 0 Å². The van der Waals surface area contributed by atoms with Crippen molar-refractivity contribution in [1.29, 1.82) is 0 Å². The highest BCUT2D eigenvalue weighted by molar-refractivity contribution is 5.91. The number of hydrogen-bond donors (Lipinski definition) is 1. The summed E-state index contributed by atoms with van der Waals surface area (Å²) in [4.78, 5) is 10.7. The van der Waals surface area contributed by atoms with Crippen LogP contribution in [0.5, 0.6) is 0 Å². The maximum Gasteiger partial charge on any atom is 0.331 e. The first-order chi connectivity index (χ1) is 6.91. The number of benzene rings is 1. The molecule has 0 radical (unpaired) electrons. The molecule has 1 aromatic rings. The lowest BCUT2D eigenvalue weighted by Crippen LogP contribution is -1.96. The minimum absolute atomic E-state index is 0.362. The summed E-state index contributed by atoms with van der Waals surface area (Å²) >= 11 is 0. The quantitative estimate of drug-likeness (QED) is 0.751. The van der Waals surface area contributed by atoms with Gasteiger partial charge in [-0.1, -0.05) is 12.1 Å². The van der Waals surface area contributed by atoms with Crippen molar-refractivity contribution in [2.75, 3.05) is 0 Å². The molecule has 0 aliphatic rings. The second kappa shape index (κ2) is 4.30. The summed E-state index contributed by atoms with van der Waals surface area (Å²) in [5.74, 6) is -0.868. The van der Waals surface area contributed by atoms with Gasteiger partial charge < -0.3 is 5.11 Å². The van der Waals surface area contributed by atoms with Gasteiger partial charge in [-0.25, -0.2) is 4.79 Å². The van der Waals surface area contributed by atoms with Crippen LogP contribution >= 0.6 is 0 Å². The topological polar surface area (TPSA) is 37.3 Å². The first-order valence-corrected chi connectivity index (χ1v) is 4.91. The Morgan fingerprint density at radius 2 is 1.67 bits per heavy atom. The van der Waals surface area contributed by atoms with Gasteiger partial charge in [-0.15, -0.1) is 0 Å². The predicted octanol–water partition coefficient (Wildman–Crippen LogP) is 3.10. The molecule has 2 heteroatoms. The van der Waals surface area contributed by atoms with E-state index in [0.29, 0.717) is 5.57 Å². The number of carbonyl (C=O) groups is 1. The molecule has 0 heterocycles. The van der Waals surface area contributed by atoms with E-state index in [2.05, 4.69) is 13.0 Å². The summed E-state index contributed by atoms with van der Waals surface area (Å²) in [6.45, 7) is 7.69. The third-order valence-corrected chi connectivity index (χ3v) is 2.59. The van der Waals surface area contributed by atoms with E-state index in [9.17, 15) is 4.79 Å². The Morgan fingerprint density at radius 1 is 1.13 bits per heavy atom. The van der Waals surface area contributed by atoms with Crippen LogP contribution in [0.3, 0.4) is 0 Å². The largest absolute Gasteiger partial charge is 0.478 e. The van der Waals surface area contributed by atoms with Crippen molar-refractivity contribution in [3.05, 3.63) is 40.0 Å². The molecule has 80 valence electrons. The van der Waals surface area contributed by atoms with Crippen LogP contribution in [0.4, 0.5) is 0 Å². The van der Waals surface area contributed by atoms with Gasteiger partial charge in [0, 0.05) is 5.57 Å². The molecule has 0 spiro atoms. The highest BCUT2D eigenvalue weighted by Crippen LogP contribution is 2.18. The molecule has 0 saturated heterocycles. The molecule has 0 aliphatic heterocycles. The number of rotatable bonds is 2. The highest BCUT2D eigenvalue weighted by Gasteiger charge is 2.03. The molecule has 0 aromatic heterocycles. The molecule has 0 unspecified atom stereocenters. The zero-order chi connectivity index (χ0) is 11.6. The van der Waals surface area contributed by atoms with Gasteiger partial charge in [0.2, 0.25) is 0 Å². The minimum atomic E-state index is -0.868. The molecule has 0 saturated carbocycles. The Bertz CT molecular complexity index is 428. The molecule has 0 fully saturated rings. The van der Waals surface area contributed by atoms with Crippen LogP contribution < -0.4 is 0 Å². The van der Waals surface area contributed by atoms with E-state index in [1.165, 1.54) is 11.1 Å². The molecule has 0 atom stereocenters. The maximum atomic E-state index is 10.7. The number of carboxylic acid groups (broad SMARTS) is 1. The second-order valence-electron chi connectivity index (χ2n) is 3.93. The molecule has 2 nitrogen and oxygen atoms in total. The normalized spacial score (nSPS) is 11.6. The van der Waals surface area contributed by atoms with Gasteiger partial charge in [0.1, 0.15) is 0 Å². The molecule has 0 amide bonds. The zero-order valence-electron chi connectivity index (χ0n) is 9.59. The average Bonchev–Trinajstić information content (AvgIpc) is 2.13. The fourth-order valence-corrected chi connectivity index (χ4v) is 1.43. The van der Waals surface area contributed by atoms with Crippen molar-refractivity contribution >= 4 is 12.0 Å². The van der Waals surface area contributed by atoms with Gasteiger partial charge in [-0.3, -0.25) is 0 Å². The van der Waals surface area contributed by atoms with E-state index < -0.39 is 5.97 Å². The number of carboxylic acids is 1. The summed E-state index contributed by atoms with van der Waals surface area (Å²) in [6, 6.07) is 4.10. The van der Waals surface area contributed by atoms with Crippen molar-refractivity contribution in [2.45, 2.75) is 27.7 Å². The van der Waals surface area contributed by atoms with Gasteiger partial charge >= 0.3 is 5.97 Å². The molecule has 1 aromatic carbocycles. The lowest BCUT2D eigenvalue weighted by Gasteiger charge is -2.06. The van der Waals surface area contributed by atoms with Crippen molar-refractivity contribution in [3.63, 3.8) is 0 Å². The lowest BCUT2D eigenvalue weighted by atomic mass is 9.99.